The largest absolute Gasteiger partial charge is 0.445 e. The molecule has 1 aliphatic heterocycles. The van der Waals surface area contributed by atoms with Crippen LogP contribution in [0.2, 0.25) is 10.0 Å². The maximum Gasteiger partial charge on any atom is 0.410 e. The summed E-state index contributed by atoms with van der Waals surface area (Å²) in [5.74, 6) is -0.231. The normalized spacial score (nSPS) is 14.2. The number of hydrogen-bond acceptors (Lipinski definition) is 4. The summed E-state index contributed by atoms with van der Waals surface area (Å²) in [5.41, 5.74) is 1.51. The summed E-state index contributed by atoms with van der Waals surface area (Å²) >= 11 is 12.0. The summed E-state index contributed by atoms with van der Waals surface area (Å²) in [6.07, 6.45) is 0.282. The van der Waals surface area contributed by atoms with Crippen molar-refractivity contribution in [1.82, 2.24) is 20.0 Å². The molecule has 0 saturated heterocycles. The molecular formula is C20H24Cl2N4O3. The van der Waals surface area contributed by atoms with Gasteiger partial charge in [0.15, 0.2) is 5.69 Å². The van der Waals surface area contributed by atoms with E-state index in [1.165, 1.54) is 0 Å². The van der Waals surface area contributed by atoms with Crippen molar-refractivity contribution in [1.29, 1.82) is 0 Å². The summed E-state index contributed by atoms with van der Waals surface area (Å²) in [6.45, 7) is 7.32. The second-order valence-electron chi connectivity index (χ2n) is 8.06. The fraction of sp³-hybridized carbons (Fsp3) is 0.450. The molecule has 2 heterocycles. The van der Waals surface area contributed by atoms with Gasteiger partial charge in [0.25, 0.3) is 5.91 Å². The molecule has 7 nitrogen and oxygen atoms in total. The highest BCUT2D eigenvalue weighted by molar-refractivity contribution is 6.34. The monoisotopic (exact) mass is 438 g/mol. The van der Waals surface area contributed by atoms with Gasteiger partial charge in [0, 0.05) is 28.7 Å². The number of halogens is 2. The number of rotatable bonds is 3. The Morgan fingerprint density at radius 3 is 2.48 bits per heavy atom. The van der Waals surface area contributed by atoms with Gasteiger partial charge in [0.2, 0.25) is 0 Å². The highest BCUT2D eigenvalue weighted by Gasteiger charge is 2.24. The molecule has 1 N–H and O–H groups in total. The van der Waals surface area contributed by atoms with Gasteiger partial charge in [-0.15, -0.1) is 0 Å². The van der Waals surface area contributed by atoms with Crippen LogP contribution in [0.25, 0.3) is 0 Å². The Morgan fingerprint density at radius 2 is 1.83 bits per heavy atom. The van der Waals surface area contributed by atoms with Crippen molar-refractivity contribution in [3.05, 3.63) is 51.3 Å². The number of carbonyl (C=O) groups is 2. The minimum absolute atomic E-state index is 0.0775. The number of nitrogens with one attached hydrogen (secondary N) is 1. The SMILES string of the molecule is CC(C)(C)NC(=O)c1cc2n(n1)CCCN(C(=O)OCc1cc(Cl)cc(Cl)c1)C2. The molecule has 0 saturated carbocycles. The van der Waals surface area contributed by atoms with Gasteiger partial charge in [-0.25, -0.2) is 4.79 Å². The maximum absolute atomic E-state index is 12.6. The molecule has 0 spiro atoms. The first-order valence-electron chi connectivity index (χ1n) is 9.37. The van der Waals surface area contributed by atoms with Crippen LogP contribution in [0.1, 0.15) is 48.9 Å². The van der Waals surface area contributed by atoms with Gasteiger partial charge in [-0.3, -0.25) is 9.48 Å². The van der Waals surface area contributed by atoms with E-state index in [9.17, 15) is 9.59 Å². The Bertz CT molecular complexity index is 901. The quantitative estimate of drug-likeness (QED) is 0.776. The van der Waals surface area contributed by atoms with Crippen molar-refractivity contribution in [2.45, 2.75) is 52.4 Å². The Hall–Kier alpha value is -2.25. The van der Waals surface area contributed by atoms with E-state index in [4.69, 9.17) is 27.9 Å². The zero-order valence-electron chi connectivity index (χ0n) is 16.7. The van der Waals surface area contributed by atoms with Gasteiger partial charge in [0.1, 0.15) is 6.61 Å². The number of aromatic nitrogens is 2. The van der Waals surface area contributed by atoms with Crippen LogP contribution in [0.3, 0.4) is 0 Å². The zero-order chi connectivity index (χ0) is 21.2. The lowest BCUT2D eigenvalue weighted by atomic mass is 10.1. The minimum atomic E-state index is -0.434. The third-order valence-electron chi connectivity index (χ3n) is 4.28. The predicted molar refractivity (Wildman–Crippen MR) is 111 cm³/mol. The van der Waals surface area contributed by atoms with Crippen molar-refractivity contribution in [3.8, 4) is 0 Å². The van der Waals surface area contributed by atoms with E-state index in [1.54, 1.807) is 33.8 Å². The molecule has 0 aliphatic carbocycles. The van der Waals surface area contributed by atoms with Crippen LogP contribution < -0.4 is 5.32 Å². The number of benzene rings is 1. The summed E-state index contributed by atoms with van der Waals surface area (Å²) in [6, 6.07) is 6.76. The molecule has 0 unspecified atom stereocenters. The number of amides is 2. The molecule has 2 amide bonds. The molecule has 1 aromatic carbocycles. The molecule has 2 aromatic rings. The number of fused-ring (bicyclic) bond motifs is 1. The van der Waals surface area contributed by atoms with E-state index in [2.05, 4.69) is 10.4 Å². The number of ether oxygens (including phenoxy) is 1. The third kappa shape index (κ3) is 5.87. The van der Waals surface area contributed by atoms with E-state index in [-0.39, 0.29) is 18.1 Å². The van der Waals surface area contributed by atoms with Crippen LogP contribution in [0, 0.1) is 0 Å². The molecule has 156 valence electrons. The number of carbonyl (C=O) groups excluding carboxylic acids is 2. The highest BCUT2D eigenvalue weighted by Crippen LogP contribution is 2.20. The van der Waals surface area contributed by atoms with Crippen LogP contribution in [0.5, 0.6) is 0 Å². The van der Waals surface area contributed by atoms with Crippen molar-refractivity contribution < 1.29 is 14.3 Å². The van der Waals surface area contributed by atoms with Crippen molar-refractivity contribution in [2.24, 2.45) is 0 Å². The minimum Gasteiger partial charge on any atom is -0.445 e. The van der Waals surface area contributed by atoms with Crippen LogP contribution in [0.4, 0.5) is 4.79 Å². The Morgan fingerprint density at radius 1 is 1.14 bits per heavy atom. The summed E-state index contributed by atoms with van der Waals surface area (Å²) in [7, 11) is 0. The number of aryl methyl sites for hydroxylation is 1. The average Bonchev–Trinajstić information content (AvgIpc) is 2.89. The Balaban J connectivity index is 1.65. The lowest BCUT2D eigenvalue weighted by Gasteiger charge is -2.20. The van der Waals surface area contributed by atoms with Gasteiger partial charge in [-0.1, -0.05) is 23.2 Å². The molecule has 1 aliphatic rings. The standard InChI is InChI=1S/C20H24Cl2N4O3/c1-20(2,3)23-18(27)17-10-16-11-25(5-4-6-26(16)24-17)19(28)29-12-13-7-14(21)9-15(22)8-13/h7-10H,4-6,11-12H2,1-3H3,(H,23,27). The summed E-state index contributed by atoms with van der Waals surface area (Å²) in [4.78, 5) is 26.6. The topological polar surface area (TPSA) is 76.5 Å². The fourth-order valence-corrected chi connectivity index (χ4v) is 3.64. The predicted octanol–water partition coefficient (Wildman–Crippen LogP) is 4.26. The second-order valence-corrected chi connectivity index (χ2v) is 8.93. The lowest BCUT2D eigenvalue weighted by molar-refractivity contribution is 0.0913. The number of nitrogens with zero attached hydrogens (tertiary/aromatic N) is 3. The van der Waals surface area contributed by atoms with Gasteiger partial charge in [-0.2, -0.15) is 5.10 Å². The van der Waals surface area contributed by atoms with Crippen molar-refractivity contribution in [2.75, 3.05) is 6.54 Å². The van der Waals surface area contributed by atoms with Gasteiger partial charge < -0.3 is 15.0 Å². The summed E-state index contributed by atoms with van der Waals surface area (Å²) in [5, 5.41) is 8.28. The van der Waals surface area contributed by atoms with Gasteiger partial charge in [0.05, 0.1) is 12.2 Å². The molecule has 0 fully saturated rings. The van der Waals surface area contributed by atoms with E-state index < -0.39 is 6.09 Å². The smallest absolute Gasteiger partial charge is 0.410 e. The maximum atomic E-state index is 12.6. The van der Waals surface area contributed by atoms with Crippen molar-refractivity contribution >= 4 is 35.2 Å². The van der Waals surface area contributed by atoms with Crippen LogP contribution in [-0.2, 0) is 24.4 Å². The van der Waals surface area contributed by atoms with Crippen molar-refractivity contribution in [3.63, 3.8) is 0 Å². The fourth-order valence-electron chi connectivity index (χ4n) is 3.06. The molecule has 3 rings (SSSR count). The first-order valence-corrected chi connectivity index (χ1v) is 10.1. The first-order chi connectivity index (χ1) is 13.6. The second kappa shape index (κ2) is 8.63. The molecule has 0 radical (unpaired) electrons. The number of hydrogen-bond donors (Lipinski definition) is 1. The van der Waals surface area contributed by atoms with E-state index >= 15 is 0 Å². The van der Waals surface area contributed by atoms with Crippen LogP contribution >= 0.6 is 23.2 Å². The molecule has 0 atom stereocenters. The van der Waals surface area contributed by atoms with Gasteiger partial charge in [-0.05, 0) is 57.0 Å². The molecule has 29 heavy (non-hydrogen) atoms. The first kappa shape index (κ1) is 21.5. The molecule has 0 bridgehead atoms. The van der Waals surface area contributed by atoms with E-state index in [0.29, 0.717) is 41.8 Å². The lowest BCUT2D eigenvalue weighted by Crippen LogP contribution is -2.40. The third-order valence-corrected chi connectivity index (χ3v) is 4.71. The molecule has 1 aromatic heterocycles. The van der Waals surface area contributed by atoms with Crippen LogP contribution in [-0.4, -0.2) is 38.8 Å². The Kier molecular flexibility index (Phi) is 6.39. The van der Waals surface area contributed by atoms with E-state index in [1.807, 2.05) is 20.8 Å². The average molecular weight is 439 g/mol. The highest BCUT2D eigenvalue weighted by atomic mass is 35.5. The van der Waals surface area contributed by atoms with Crippen LogP contribution in [0.15, 0.2) is 24.3 Å². The Labute approximate surface area is 179 Å². The van der Waals surface area contributed by atoms with E-state index in [0.717, 1.165) is 11.3 Å². The van der Waals surface area contributed by atoms with Gasteiger partial charge >= 0.3 is 6.09 Å². The summed E-state index contributed by atoms with van der Waals surface area (Å²) < 4.78 is 7.21. The molecular weight excluding hydrogens is 415 g/mol. The zero-order valence-corrected chi connectivity index (χ0v) is 18.2. The molecule has 9 heteroatoms.